The number of rotatable bonds is 0. The Kier molecular flexibility index (Phi) is 2.29. The third kappa shape index (κ3) is 2.44. The van der Waals surface area contributed by atoms with Crippen LogP contribution < -0.4 is 0 Å². The summed E-state index contributed by atoms with van der Waals surface area (Å²) >= 11 is 0. The maximum atomic E-state index is 8.79. The summed E-state index contributed by atoms with van der Waals surface area (Å²) in [7, 11) is 0. The molecule has 0 saturated carbocycles. The minimum Gasteiger partial charge on any atom is -0.381 e. The first-order chi connectivity index (χ1) is 5.18. The van der Waals surface area contributed by atoms with Crippen molar-refractivity contribution in [1.29, 1.82) is 0 Å². The molecule has 0 saturated heterocycles. The Morgan fingerprint density at radius 2 is 2.45 bits per heavy atom. The predicted molar refractivity (Wildman–Crippen MR) is 39.8 cm³/mol. The SMILES string of the molecule is Cc1cc(C#C[C@H](C)O)no1. The van der Waals surface area contributed by atoms with Gasteiger partial charge in [0.15, 0.2) is 5.69 Å². The van der Waals surface area contributed by atoms with Gasteiger partial charge >= 0.3 is 0 Å². The van der Waals surface area contributed by atoms with Gasteiger partial charge in [-0.2, -0.15) is 0 Å². The van der Waals surface area contributed by atoms with E-state index >= 15 is 0 Å². The Bertz CT molecular complexity index is 291. The molecule has 0 aliphatic heterocycles. The van der Waals surface area contributed by atoms with E-state index in [9.17, 15) is 0 Å². The third-order valence-corrected chi connectivity index (χ3v) is 1.04. The molecule has 1 heterocycles. The lowest BCUT2D eigenvalue weighted by Gasteiger charge is -1.84. The molecule has 1 N–H and O–H groups in total. The number of aryl methyl sites for hydroxylation is 1. The molecule has 0 spiro atoms. The van der Waals surface area contributed by atoms with Crippen LogP contribution in [-0.2, 0) is 0 Å². The van der Waals surface area contributed by atoms with Gasteiger partial charge in [0.2, 0.25) is 0 Å². The van der Waals surface area contributed by atoms with E-state index in [1.54, 1.807) is 19.9 Å². The Hall–Kier alpha value is -1.27. The minimum atomic E-state index is -0.619. The molecule has 0 aliphatic carbocycles. The van der Waals surface area contributed by atoms with Gasteiger partial charge in [-0.1, -0.05) is 11.1 Å². The van der Waals surface area contributed by atoms with Gasteiger partial charge in [-0.3, -0.25) is 0 Å². The van der Waals surface area contributed by atoms with E-state index in [1.165, 1.54) is 0 Å². The molecule has 0 fully saturated rings. The second kappa shape index (κ2) is 3.22. The maximum Gasteiger partial charge on any atom is 0.156 e. The Morgan fingerprint density at radius 3 is 2.91 bits per heavy atom. The smallest absolute Gasteiger partial charge is 0.156 e. The maximum absolute atomic E-state index is 8.79. The first kappa shape index (κ1) is 7.83. The highest BCUT2D eigenvalue weighted by Crippen LogP contribution is 1.98. The van der Waals surface area contributed by atoms with Gasteiger partial charge < -0.3 is 9.63 Å². The monoisotopic (exact) mass is 151 g/mol. The van der Waals surface area contributed by atoms with Crippen LogP contribution in [-0.4, -0.2) is 16.4 Å². The fourth-order valence-electron chi connectivity index (χ4n) is 0.604. The number of aliphatic hydroxyl groups excluding tert-OH is 1. The minimum absolute atomic E-state index is 0.559. The number of hydrogen-bond donors (Lipinski definition) is 1. The largest absolute Gasteiger partial charge is 0.381 e. The number of nitrogens with zero attached hydrogens (tertiary/aromatic N) is 1. The molecular formula is C8H9NO2. The molecule has 0 bridgehead atoms. The fraction of sp³-hybridized carbons (Fsp3) is 0.375. The Balaban J connectivity index is 2.74. The summed E-state index contributed by atoms with van der Waals surface area (Å²) in [6, 6.07) is 1.72. The van der Waals surface area contributed by atoms with Crippen LogP contribution in [0.2, 0.25) is 0 Å². The van der Waals surface area contributed by atoms with Gasteiger partial charge in [0.1, 0.15) is 11.9 Å². The summed E-state index contributed by atoms with van der Waals surface area (Å²) in [5.74, 6) is 5.94. The zero-order valence-electron chi connectivity index (χ0n) is 6.46. The van der Waals surface area contributed by atoms with Crippen molar-refractivity contribution in [2.45, 2.75) is 20.0 Å². The molecule has 1 atom stereocenters. The third-order valence-electron chi connectivity index (χ3n) is 1.04. The second-order valence-electron chi connectivity index (χ2n) is 2.27. The number of hydrogen-bond acceptors (Lipinski definition) is 3. The summed E-state index contributed by atoms with van der Waals surface area (Å²) < 4.78 is 4.76. The van der Waals surface area contributed by atoms with Gasteiger partial charge in [0.05, 0.1) is 0 Å². The normalized spacial score (nSPS) is 11.9. The van der Waals surface area contributed by atoms with Crippen molar-refractivity contribution < 1.29 is 9.63 Å². The van der Waals surface area contributed by atoms with E-state index in [1.807, 2.05) is 0 Å². The van der Waals surface area contributed by atoms with E-state index in [2.05, 4.69) is 17.0 Å². The highest BCUT2D eigenvalue weighted by atomic mass is 16.5. The van der Waals surface area contributed by atoms with Crippen LogP contribution in [0.25, 0.3) is 0 Å². The van der Waals surface area contributed by atoms with Crippen molar-refractivity contribution in [3.63, 3.8) is 0 Å². The summed E-state index contributed by atoms with van der Waals surface area (Å²) in [4.78, 5) is 0. The summed E-state index contributed by atoms with van der Waals surface area (Å²) in [5, 5.41) is 12.4. The average molecular weight is 151 g/mol. The molecular weight excluding hydrogens is 142 g/mol. The first-order valence-electron chi connectivity index (χ1n) is 3.31. The van der Waals surface area contributed by atoms with Crippen LogP contribution in [0.5, 0.6) is 0 Å². The van der Waals surface area contributed by atoms with Gasteiger partial charge in [-0.05, 0) is 19.8 Å². The van der Waals surface area contributed by atoms with Crippen molar-refractivity contribution in [1.82, 2.24) is 5.16 Å². The highest BCUT2D eigenvalue weighted by Gasteiger charge is 1.94. The lowest BCUT2D eigenvalue weighted by atomic mass is 10.3. The molecule has 11 heavy (non-hydrogen) atoms. The zero-order chi connectivity index (χ0) is 8.27. The summed E-state index contributed by atoms with van der Waals surface area (Å²) in [5.41, 5.74) is 0.559. The summed E-state index contributed by atoms with van der Waals surface area (Å²) in [6.45, 7) is 3.39. The van der Waals surface area contributed by atoms with Gasteiger partial charge in [-0.15, -0.1) is 0 Å². The fourth-order valence-corrected chi connectivity index (χ4v) is 0.604. The molecule has 0 unspecified atom stereocenters. The van der Waals surface area contributed by atoms with Crippen LogP contribution in [0.4, 0.5) is 0 Å². The zero-order valence-corrected chi connectivity index (χ0v) is 6.46. The molecule has 3 heteroatoms. The van der Waals surface area contributed by atoms with Crippen LogP contribution >= 0.6 is 0 Å². The topological polar surface area (TPSA) is 46.3 Å². The van der Waals surface area contributed by atoms with Crippen molar-refractivity contribution >= 4 is 0 Å². The second-order valence-corrected chi connectivity index (χ2v) is 2.27. The van der Waals surface area contributed by atoms with E-state index in [0.29, 0.717) is 5.69 Å². The predicted octanol–water partition coefficient (Wildman–Crippen LogP) is 0.715. The van der Waals surface area contributed by atoms with Gasteiger partial charge in [0, 0.05) is 6.07 Å². The van der Waals surface area contributed by atoms with Crippen LogP contribution in [0.3, 0.4) is 0 Å². The molecule has 1 rings (SSSR count). The van der Waals surface area contributed by atoms with E-state index in [0.717, 1.165) is 5.76 Å². The number of aliphatic hydroxyl groups is 1. The molecule has 1 aromatic rings. The molecule has 0 aliphatic rings. The van der Waals surface area contributed by atoms with Crippen LogP contribution in [0.15, 0.2) is 10.6 Å². The Labute approximate surface area is 65.0 Å². The number of aromatic nitrogens is 1. The quantitative estimate of drug-likeness (QED) is 0.555. The van der Waals surface area contributed by atoms with Crippen LogP contribution in [0.1, 0.15) is 18.4 Å². The molecule has 3 nitrogen and oxygen atoms in total. The van der Waals surface area contributed by atoms with Crippen molar-refractivity contribution in [2.24, 2.45) is 0 Å². The highest BCUT2D eigenvalue weighted by molar-refractivity contribution is 5.27. The van der Waals surface area contributed by atoms with Crippen molar-refractivity contribution in [3.8, 4) is 11.8 Å². The molecule has 0 amide bonds. The molecule has 0 radical (unpaired) electrons. The first-order valence-corrected chi connectivity index (χ1v) is 3.31. The van der Waals surface area contributed by atoms with Gasteiger partial charge in [-0.25, -0.2) is 0 Å². The Morgan fingerprint density at radius 1 is 1.73 bits per heavy atom. The molecule has 58 valence electrons. The van der Waals surface area contributed by atoms with E-state index in [4.69, 9.17) is 9.63 Å². The molecule has 0 aromatic carbocycles. The molecule has 1 aromatic heterocycles. The lowest BCUT2D eigenvalue weighted by molar-refractivity contribution is 0.253. The lowest BCUT2D eigenvalue weighted by Crippen LogP contribution is -1.92. The van der Waals surface area contributed by atoms with Crippen LogP contribution in [0, 0.1) is 18.8 Å². The average Bonchev–Trinajstić information content (AvgIpc) is 2.31. The van der Waals surface area contributed by atoms with Crippen molar-refractivity contribution in [2.75, 3.05) is 0 Å². The van der Waals surface area contributed by atoms with Gasteiger partial charge in [0.25, 0.3) is 0 Å². The van der Waals surface area contributed by atoms with E-state index in [-0.39, 0.29) is 0 Å². The van der Waals surface area contributed by atoms with E-state index < -0.39 is 6.10 Å². The standard InChI is InChI=1S/C8H9NO2/c1-6(10)3-4-8-5-7(2)11-9-8/h5-6,10H,1-2H3/t6-/m0/s1. The summed E-state index contributed by atoms with van der Waals surface area (Å²) in [6.07, 6.45) is -0.619. The van der Waals surface area contributed by atoms with Crippen molar-refractivity contribution in [3.05, 3.63) is 17.5 Å².